The third kappa shape index (κ3) is 6.57. The molecule has 0 atom stereocenters. The molecule has 0 bridgehead atoms. The van der Waals surface area contributed by atoms with Crippen LogP contribution in [-0.4, -0.2) is 65.3 Å². The van der Waals surface area contributed by atoms with Crippen molar-refractivity contribution < 1.29 is 35.9 Å². The highest BCUT2D eigenvalue weighted by molar-refractivity contribution is 9.10. The molecule has 2 N–H and O–H groups in total. The standard InChI is InChI=1S/C21H15BrCl2F3N5O5S/c22-13-5-10(23)4-12(19(33)29-9-21(25,26)27)17(13)30-20(34)15-6-16(37-11-7-38(35,36)8-11)31-32(15)18-14(24)2-1-3-28-18/h1-6,11H,7-9H2,(H,29,33)(H,30,34). The van der Waals surface area contributed by atoms with E-state index in [9.17, 15) is 31.2 Å². The average molecular weight is 657 g/mol. The SMILES string of the molecule is O=C(NCC(F)(F)F)c1cc(Cl)cc(Br)c1NC(=O)c1cc(OC2CS(=O)(=O)C2)nn1-c1ncccc1Cl. The molecule has 3 heterocycles. The Bertz CT molecular complexity index is 1520. The molecular weight excluding hydrogens is 642 g/mol. The fourth-order valence-corrected chi connectivity index (χ4v) is 5.65. The number of rotatable bonds is 7. The molecule has 0 unspecified atom stereocenters. The zero-order chi connectivity index (χ0) is 27.8. The number of amides is 2. The molecule has 2 aromatic heterocycles. The van der Waals surface area contributed by atoms with Crippen molar-refractivity contribution in [1.82, 2.24) is 20.1 Å². The summed E-state index contributed by atoms with van der Waals surface area (Å²) in [5, 5.41) is 8.51. The number of nitrogens with one attached hydrogen (secondary N) is 2. The van der Waals surface area contributed by atoms with Crippen molar-refractivity contribution >= 4 is 66.5 Å². The minimum absolute atomic E-state index is 0.0171. The molecule has 1 fully saturated rings. The van der Waals surface area contributed by atoms with E-state index < -0.39 is 40.5 Å². The van der Waals surface area contributed by atoms with Gasteiger partial charge < -0.3 is 15.4 Å². The van der Waals surface area contributed by atoms with Crippen LogP contribution in [0.15, 0.2) is 41.0 Å². The summed E-state index contributed by atoms with van der Waals surface area (Å²) in [6, 6.07) is 6.66. The molecule has 1 aromatic carbocycles. The van der Waals surface area contributed by atoms with Crippen molar-refractivity contribution in [3.63, 3.8) is 0 Å². The van der Waals surface area contributed by atoms with Gasteiger partial charge in [-0.3, -0.25) is 9.59 Å². The number of sulfone groups is 1. The molecule has 3 aromatic rings. The number of alkyl halides is 3. The largest absolute Gasteiger partial charge is 0.471 e. The number of carbonyl (C=O) groups excluding carboxylic acids is 2. The molecule has 4 rings (SSSR count). The van der Waals surface area contributed by atoms with Crippen LogP contribution < -0.4 is 15.4 Å². The molecule has 17 heteroatoms. The summed E-state index contributed by atoms with van der Waals surface area (Å²) in [7, 11) is -3.20. The maximum Gasteiger partial charge on any atom is 0.405 e. The predicted octanol–water partition coefficient (Wildman–Crippen LogP) is 4.06. The van der Waals surface area contributed by atoms with Crippen LogP contribution in [-0.2, 0) is 9.84 Å². The molecule has 38 heavy (non-hydrogen) atoms. The fraction of sp³-hybridized carbons (Fsp3) is 0.238. The van der Waals surface area contributed by atoms with Crippen molar-refractivity contribution in [3.8, 4) is 11.7 Å². The minimum atomic E-state index is -4.67. The van der Waals surface area contributed by atoms with Gasteiger partial charge in [0.25, 0.3) is 11.8 Å². The lowest BCUT2D eigenvalue weighted by Gasteiger charge is -2.25. The van der Waals surface area contributed by atoms with E-state index in [1.807, 2.05) is 0 Å². The lowest BCUT2D eigenvalue weighted by molar-refractivity contribution is -0.123. The molecule has 1 aliphatic rings. The van der Waals surface area contributed by atoms with Gasteiger partial charge in [-0.1, -0.05) is 23.2 Å². The molecule has 0 saturated carbocycles. The molecule has 1 aliphatic heterocycles. The summed E-state index contributed by atoms with van der Waals surface area (Å²) in [5.41, 5.74) is -0.710. The average Bonchev–Trinajstić information content (AvgIpc) is 3.21. The van der Waals surface area contributed by atoms with Crippen LogP contribution in [0.5, 0.6) is 5.88 Å². The fourth-order valence-electron chi connectivity index (χ4n) is 3.36. The summed E-state index contributed by atoms with van der Waals surface area (Å²) in [4.78, 5) is 30.0. The molecular formula is C21H15BrCl2F3N5O5S. The number of halogens is 6. The van der Waals surface area contributed by atoms with E-state index in [1.54, 1.807) is 11.4 Å². The normalized spacial score (nSPS) is 15.0. The molecule has 2 amide bonds. The van der Waals surface area contributed by atoms with Gasteiger partial charge in [0.2, 0.25) is 5.88 Å². The molecule has 202 valence electrons. The first kappa shape index (κ1) is 28.1. The van der Waals surface area contributed by atoms with Gasteiger partial charge in [0.05, 0.1) is 27.8 Å². The second-order valence-corrected chi connectivity index (χ2v) is 11.8. The van der Waals surface area contributed by atoms with Crippen molar-refractivity contribution in [1.29, 1.82) is 0 Å². The number of ether oxygens (including phenoxy) is 1. The number of hydrogen-bond acceptors (Lipinski definition) is 7. The van der Waals surface area contributed by atoms with E-state index in [2.05, 4.69) is 31.3 Å². The van der Waals surface area contributed by atoms with E-state index in [4.69, 9.17) is 27.9 Å². The van der Waals surface area contributed by atoms with E-state index in [-0.39, 0.29) is 54.7 Å². The zero-order valence-electron chi connectivity index (χ0n) is 18.7. The second kappa shape index (κ2) is 10.7. The van der Waals surface area contributed by atoms with Crippen molar-refractivity contribution in [3.05, 3.63) is 62.3 Å². The maximum atomic E-state index is 13.4. The number of anilines is 1. The highest BCUT2D eigenvalue weighted by Crippen LogP contribution is 2.32. The van der Waals surface area contributed by atoms with Crippen LogP contribution in [0.2, 0.25) is 10.0 Å². The smallest absolute Gasteiger partial charge is 0.405 e. The van der Waals surface area contributed by atoms with Gasteiger partial charge in [0.1, 0.15) is 18.3 Å². The maximum absolute atomic E-state index is 13.4. The van der Waals surface area contributed by atoms with E-state index in [0.29, 0.717) is 0 Å². The first-order valence-corrected chi connectivity index (χ1v) is 13.8. The van der Waals surface area contributed by atoms with Crippen molar-refractivity contribution in [2.45, 2.75) is 12.3 Å². The highest BCUT2D eigenvalue weighted by atomic mass is 79.9. The number of nitrogens with zero attached hydrogens (tertiary/aromatic N) is 3. The third-order valence-corrected chi connectivity index (χ3v) is 7.91. The summed E-state index contributed by atoms with van der Waals surface area (Å²) in [6.07, 6.45) is -3.95. The third-order valence-electron chi connectivity index (χ3n) is 5.01. The van der Waals surface area contributed by atoms with Gasteiger partial charge in [0.15, 0.2) is 15.7 Å². The van der Waals surface area contributed by atoms with Gasteiger partial charge in [-0.25, -0.2) is 18.1 Å². The Morgan fingerprint density at radius 1 is 1.18 bits per heavy atom. The number of hydrogen-bond donors (Lipinski definition) is 2. The van der Waals surface area contributed by atoms with E-state index >= 15 is 0 Å². The van der Waals surface area contributed by atoms with Crippen LogP contribution in [0.4, 0.5) is 18.9 Å². The topological polar surface area (TPSA) is 132 Å². The van der Waals surface area contributed by atoms with Gasteiger partial charge in [-0.05, 0) is 40.2 Å². The zero-order valence-corrected chi connectivity index (χ0v) is 22.6. The number of benzene rings is 1. The Kier molecular flexibility index (Phi) is 7.93. The first-order valence-electron chi connectivity index (χ1n) is 10.5. The Labute approximate surface area is 231 Å². The minimum Gasteiger partial charge on any atom is -0.471 e. The number of carbonyl (C=O) groups is 2. The van der Waals surface area contributed by atoms with E-state index in [1.165, 1.54) is 24.4 Å². The number of pyridine rings is 1. The van der Waals surface area contributed by atoms with Crippen LogP contribution in [0.3, 0.4) is 0 Å². The molecule has 10 nitrogen and oxygen atoms in total. The Morgan fingerprint density at radius 3 is 2.53 bits per heavy atom. The van der Waals surface area contributed by atoms with Crippen LogP contribution in [0.1, 0.15) is 20.8 Å². The second-order valence-electron chi connectivity index (χ2n) is 7.97. The summed E-state index contributed by atoms with van der Waals surface area (Å²) in [5.74, 6) is -2.52. The van der Waals surface area contributed by atoms with Gasteiger partial charge in [-0.15, -0.1) is 5.10 Å². The van der Waals surface area contributed by atoms with Gasteiger partial charge in [0, 0.05) is 21.8 Å². The van der Waals surface area contributed by atoms with E-state index in [0.717, 1.165) is 10.7 Å². The predicted molar refractivity (Wildman–Crippen MR) is 135 cm³/mol. The Balaban J connectivity index is 1.68. The van der Waals surface area contributed by atoms with Crippen LogP contribution in [0.25, 0.3) is 5.82 Å². The molecule has 0 radical (unpaired) electrons. The first-order chi connectivity index (χ1) is 17.7. The van der Waals surface area contributed by atoms with Crippen LogP contribution in [0, 0.1) is 0 Å². The quantitative estimate of drug-likeness (QED) is 0.392. The van der Waals surface area contributed by atoms with Crippen LogP contribution >= 0.6 is 39.1 Å². The highest BCUT2D eigenvalue weighted by Gasteiger charge is 2.36. The lowest BCUT2D eigenvalue weighted by Crippen LogP contribution is -2.45. The number of aromatic nitrogens is 3. The molecule has 1 saturated heterocycles. The molecule has 0 aliphatic carbocycles. The van der Waals surface area contributed by atoms with Gasteiger partial charge >= 0.3 is 6.18 Å². The monoisotopic (exact) mass is 655 g/mol. The molecule has 0 spiro atoms. The van der Waals surface area contributed by atoms with Crippen molar-refractivity contribution in [2.75, 3.05) is 23.4 Å². The van der Waals surface area contributed by atoms with Gasteiger partial charge in [-0.2, -0.15) is 13.2 Å². The Morgan fingerprint density at radius 2 is 1.89 bits per heavy atom. The summed E-state index contributed by atoms with van der Waals surface area (Å²) < 4.78 is 67.6. The summed E-state index contributed by atoms with van der Waals surface area (Å²) in [6.45, 7) is -1.61. The van der Waals surface area contributed by atoms with Crippen molar-refractivity contribution in [2.24, 2.45) is 0 Å². The Hall–Kier alpha value is -2.88. The lowest BCUT2D eigenvalue weighted by atomic mass is 10.1. The summed E-state index contributed by atoms with van der Waals surface area (Å²) >= 11 is 15.4.